The third kappa shape index (κ3) is 50.8. The van der Waals surface area contributed by atoms with Crippen molar-refractivity contribution in [1.82, 2.24) is 15.1 Å². The van der Waals surface area contributed by atoms with E-state index in [1.54, 1.807) is 52.7 Å². The highest BCUT2D eigenvalue weighted by Crippen LogP contribution is 2.41. The van der Waals surface area contributed by atoms with Crippen LogP contribution in [0, 0.1) is 27.7 Å². The van der Waals surface area contributed by atoms with Crippen molar-refractivity contribution in [3.05, 3.63) is 105 Å². The van der Waals surface area contributed by atoms with Gasteiger partial charge in [-0.05, 0) is 130 Å². The van der Waals surface area contributed by atoms with Gasteiger partial charge >= 0.3 is 29.8 Å². The third-order valence-corrected chi connectivity index (χ3v) is 17.1. The summed E-state index contributed by atoms with van der Waals surface area (Å²) in [6.07, 6.45) is 1.90. The van der Waals surface area contributed by atoms with Gasteiger partial charge in [0.05, 0.1) is 202 Å². The minimum atomic E-state index is -2.18. The summed E-state index contributed by atoms with van der Waals surface area (Å²) in [5, 5.41) is 2.97. The normalized spacial score (nSPS) is 11.4. The van der Waals surface area contributed by atoms with Gasteiger partial charge in [-0.15, -0.1) is 0 Å². The second-order valence-electron chi connectivity index (χ2n) is 28.5. The first-order valence-corrected chi connectivity index (χ1v) is 41.8. The van der Waals surface area contributed by atoms with Crippen LogP contribution in [0.1, 0.15) is 89.4 Å². The maximum absolute atomic E-state index is 15.8. The van der Waals surface area contributed by atoms with Crippen LogP contribution in [0.3, 0.4) is 0 Å². The molecule has 1 amide bonds. The van der Waals surface area contributed by atoms with Crippen molar-refractivity contribution in [3.63, 3.8) is 0 Å². The molecular formula is C88H137N3O33. The molecule has 0 aromatic heterocycles. The van der Waals surface area contributed by atoms with Crippen molar-refractivity contribution in [2.75, 3.05) is 327 Å². The number of aryl methyl sites for hydroxylation is 4. The number of methoxy groups -OCH3 is 4. The number of carbonyl (C=O) groups is 6. The Morgan fingerprint density at radius 1 is 0.274 bits per heavy atom. The number of ether oxygens (including phenoxy) is 27. The van der Waals surface area contributed by atoms with Gasteiger partial charge in [0.15, 0.2) is 23.0 Å². The zero-order valence-corrected chi connectivity index (χ0v) is 75.0. The minimum Gasteiger partial charge on any atom is -0.487 e. The fourth-order valence-corrected chi connectivity index (χ4v) is 11.1. The van der Waals surface area contributed by atoms with E-state index in [0.717, 1.165) is 35.3 Å². The molecule has 0 saturated carbocycles. The summed E-state index contributed by atoms with van der Waals surface area (Å²) in [4.78, 5) is 88.8. The molecule has 0 bridgehead atoms. The van der Waals surface area contributed by atoms with Crippen LogP contribution >= 0.6 is 0 Å². The highest BCUT2D eigenvalue weighted by molar-refractivity contribution is 5.97. The minimum absolute atomic E-state index is 0.00125. The molecule has 0 aliphatic rings. The number of esters is 5. The average molecular weight is 1770 g/mol. The molecule has 4 aromatic rings. The third-order valence-electron chi connectivity index (χ3n) is 17.1. The van der Waals surface area contributed by atoms with Crippen LogP contribution in [0.2, 0.25) is 0 Å². The van der Waals surface area contributed by atoms with Gasteiger partial charge in [-0.1, -0.05) is 34.4 Å². The Hall–Kier alpha value is -8.22. The van der Waals surface area contributed by atoms with Crippen LogP contribution < -0.4 is 33.7 Å². The monoisotopic (exact) mass is 1760 g/mol. The molecule has 702 valence electrons. The molecular weight excluding hydrogens is 1630 g/mol. The van der Waals surface area contributed by atoms with Crippen LogP contribution in [0.5, 0.6) is 34.5 Å². The summed E-state index contributed by atoms with van der Waals surface area (Å²) < 4.78 is 157. The predicted octanol–water partition coefficient (Wildman–Crippen LogP) is 6.79. The molecule has 0 atom stereocenters. The van der Waals surface area contributed by atoms with Crippen LogP contribution in [0.4, 0.5) is 0 Å². The lowest BCUT2D eigenvalue weighted by Gasteiger charge is -2.33. The van der Waals surface area contributed by atoms with Crippen molar-refractivity contribution < 1.29 is 157 Å². The second-order valence-corrected chi connectivity index (χ2v) is 28.5. The smallest absolute Gasteiger partial charge is 0.338 e. The molecule has 0 saturated heterocycles. The molecule has 0 heterocycles. The molecule has 0 fully saturated rings. The topological polar surface area (TPSA) is 370 Å². The van der Waals surface area contributed by atoms with Gasteiger partial charge in [-0.2, -0.15) is 0 Å². The van der Waals surface area contributed by atoms with E-state index in [9.17, 15) is 19.2 Å². The van der Waals surface area contributed by atoms with E-state index in [1.807, 2.05) is 77.8 Å². The van der Waals surface area contributed by atoms with Gasteiger partial charge in [0.25, 0.3) is 5.91 Å². The molecule has 0 spiro atoms. The van der Waals surface area contributed by atoms with Gasteiger partial charge in [0.2, 0.25) is 11.5 Å². The summed E-state index contributed by atoms with van der Waals surface area (Å²) in [6.45, 7) is 12.1. The van der Waals surface area contributed by atoms with Gasteiger partial charge < -0.3 is 143 Å². The van der Waals surface area contributed by atoms with E-state index in [-0.39, 0.29) is 267 Å². The standard InChI is InChI=1S/C88H137N3O33/c1-68-55-69(2)58-73(57-68)85(95)122-65-88(66-123-86(96)74-59-70(3)56-71(4)60-74,89-84(94)72-61-76(114-47-39-106-31-27-102-23-19-98-9)82(120-53-45-112-33-29-104-25-21-100-11)77(62-72)115-48-40-107-32-28-103-24-20-99-10)67-124-87(97)75-63-78(116-49-41-108-35-37-110-43-51-118-80(92)15-13-17-90(5)6)83(121-54-46-113-34-30-105-26-22-101-12)79(64-75)117-50-42-109-36-38-111-44-52-119-81(93)16-14-18-91(7)8/h55-64H,13-54,65-67H2,1-12H3,(H,89,94). The Morgan fingerprint density at radius 2 is 0.500 bits per heavy atom. The number of carbonyl (C=O) groups excluding carboxylic acids is 6. The Kier molecular flexibility index (Phi) is 60.1. The summed E-state index contributed by atoms with van der Waals surface area (Å²) >= 11 is 0. The molecule has 4 rings (SSSR count). The van der Waals surface area contributed by atoms with E-state index in [0.29, 0.717) is 65.7 Å². The lowest BCUT2D eigenvalue weighted by atomic mass is 10.0. The number of nitrogens with zero attached hydrogens (tertiary/aromatic N) is 2. The van der Waals surface area contributed by atoms with E-state index >= 15 is 9.59 Å². The number of hydrogen-bond donors (Lipinski definition) is 1. The maximum Gasteiger partial charge on any atom is 0.338 e. The van der Waals surface area contributed by atoms with Gasteiger partial charge in [0, 0.05) is 46.8 Å². The Labute approximate surface area is 730 Å². The van der Waals surface area contributed by atoms with Crippen LogP contribution in [0.15, 0.2) is 60.7 Å². The zero-order valence-electron chi connectivity index (χ0n) is 75.0. The van der Waals surface area contributed by atoms with E-state index < -0.39 is 49.2 Å². The molecule has 36 heteroatoms. The predicted molar refractivity (Wildman–Crippen MR) is 454 cm³/mol. The second kappa shape index (κ2) is 69.0. The number of benzene rings is 4. The molecule has 124 heavy (non-hydrogen) atoms. The number of rotatable bonds is 79. The van der Waals surface area contributed by atoms with Crippen molar-refractivity contribution >= 4 is 35.8 Å². The molecule has 0 aliphatic heterocycles. The number of hydrogen-bond acceptors (Lipinski definition) is 35. The van der Waals surface area contributed by atoms with Crippen LogP contribution in [-0.2, 0) is 109 Å². The van der Waals surface area contributed by atoms with Crippen LogP contribution in [0.25, 0.3) is 0 Å². The molecule has 0 radical (unpaired) electrons. The fourth-order valence-electron chi connectivity index (χ4n) is 11.1. The largest absolute Gasteiger partial charge is 0.487 e. The molecule has 1 N–H and O–H groups in total. The van der Waals surface area contributed by atoms with Crippen molar-refractivity contribution in [3.8, 4) is 34.5 Å². The first-order chi connectivity index (χ1) is 60.2. The van der Waals surface area contributed by atoms with Crippen LogP contribution in [-0.4, -0.2) is 378 Å². The highest BCUT2D eigenvalue weighted by Gasteiger charge is 2.40. The summed E-state index contributed by atoms with van der Waals surface area (Å²) in [5.41, 5.74) is 0.745. The van der Waals surface area contributed by atoms with Gasteiger partial charge in [-0.3, -0.25) is 14.4 Å². The first-order valence-electron chi connectivity index (χ1n) is 41.8. The van der Waals surface area contributed by atoms with Gasteiger partial charge in [-0.25, -0.2) is 14.4 Å². The lowest BCUT2D eigenvalue weighted by Crippen LogP contribution is -2.59. The Bertz CT molecular complexity index is 3330. The lowest BCUT2D eigenvalue weighted by molar-refractivity contribution is -0.146. The highest BCUT2D eigenvalue weighted by atomic mass is 16.6. The van der Waals surface area contributed by atoms with Gasteiger partial charge in [0.1, 0.15) is 78.2 Å². The van der Waals surface area contributed by atoms with Crippen molar-refractivity contribution in [1.29, 1.82) is 0 Å². The maximum atomic E-state index is 15.8. The van der Waals surface area contributed by atoms with Crippen molar-refractivity contribution in [2.24, 2.45) is 0 Å². The quantitative estimate of drug-likeness (QED) is 0.0270. The van der Waals surface area contributed by atoms with Crippen molar-refractivity contribution in [2.45, 2.75) is 58.9 Å². The SMILES string of the molecule is COCCOCCOCCOc1cc(C(=O)NC(COC(=O)c2cc(C)cc(C)c2)(COC(=O)c2cc(C)cc(C)c2)COC(=O)c2cc(OCCOCCOCCOC(=O)CCCN(C)C)c(OCCOCCOCCOC)c(OCCOCCOCCOC(=O)CCCN(C)C)c2)cc(OCCOCCOCCOC)c1OCCOCCOCCOC. The Morgan fingerprint density at radius 3 is 0.758 bits per heavy atom. The Balaban J connectivity index is 1.88. The summed E-state index contributed by atoms with van der Waals surface area (Å²) in [5.74, 6) is -4.21. The molecule has 0 aliphatic carbocycles. The zero-order chi connectivity index (χ0) is 89.9. The molecule has 0 unspecified atom stereocenters. The average Bonchev–Trinajstić information content (AvgIpc) is 0.796. The number of nitrogens with one attached hydrogen (secondary N) is 1. The van der Waals surface area contributed by atoms with E-state index in [1.165, 1.54) is 24.3 Å². The molecule has 36 nitrogen and oxygen atoms in total. The summed E-state index contributed by atoms with van der Waals surface area (Å²) in [7, 11) is 14.0. The van der Waals surface area contributed by atoms with E-state index in [2.05, 4.69) is 5.32 Å². The summed E-state index contributed by atoms with van der Waals surface area (Å²) in [6, 6.07) is 15.7. The van der Waals surface area contributed by atoms with E-state index in [4.69, 9.17) is 128 Å². The number of amides is 1. The first kappa shape index (κ1) is 108. The fraction of sp³-hybridized carbons (Fsp3) is 0.659. The molecule has 4 aromatic carbocycles.